The second kappa shape index (κ2) is 6.29. The highest BCUT2D eigenvalue weighted by Gasteiger charge is 2.33. The summed E-state index contributed by atoms with van der Waals surface area (Å²) in [7, 11) is 0. The van der Waals surface area contributed by atoms with Crippen molar-refractivity contribution in [2.24, 2.45) is 5.73 Å². The number of aromatic nitrogens is 2. The lowest BCUT2D eigenvalue weighted by molar-refractivity contribution is -0.119. The van der Waals surface area contributed by atoms with E-state index in [1.165, 1.54) is 0 Å². The molecule has 0 spiro atoms. The number of hydrogen-bond acceptors (Lipinski definition) is 4. The number of anilines is 1. The van der Waals surface area contributed by atoms with E-state index in [2.05, 4.69) is 21.8 Å². The summed E-state index contributed by atoms with van der Waals surface area (Å²) in [6.45, 7) is 2.52. The van der Waals surface area contributed by atoms with Crippen molar-refractivity contribution in [2.75, 3.05) is 4.90 Å². The fourth-order valence-corrected chi connectivity index (χ4v) is 3.76. The molecule has 2 aromatic carbocycles. The number of primary amides is 1. The van der Waals surface area contributed by atoms with Gasteiger partial charge in [-0.3, -0.25) is 9.59 Å². The minimum absolute atomic E-state index is 0.0965. The van der Waals surface area contributed by atoms with Crippen molar-refractivity contribution in [3.8, 4) is 0 Å². The smallest absolute Gasteiger partial charge is 0.258 e. The number of nitrogens with one attached hydrogen (secondary N) is 1. The van der Waals surface area contributed by atoms with Crippen LogP contribution in [0.4, 0.5) is 5.69 Å². The predicted octanol–water partition coefficient (Wildman–Crippen LogP) is 2.29. The first-order valence-electron chi connectivity index (χ1n) is 8.67. The van der Waals surface area contributed by atoms with E-state index in [9.17, 15) is 9.59 Å². The first kappa shape index (κ1) is 16.3. The minimum atomic E-state index is -0.304. The van der Waals surface area contributed by atoms with Crippen molar-refractivity contribution in [1.82, 2.24) is 9.97 Å². The molecule has 26 heavy (non-hydrogen) atoms. The minimum Gasteiger partial charge on any atom is -0.369 e. The van der Waals surface area contributed by atoms with Gasteiger partial charge in [0.1, 0.15) is 5.82 Å². The third-order valence-corrected chi connectivity index (χ3v) is 5.06. The molecule has 0 unspecified atom stereocenters. The Bertz CT molecular complexity index is 1040. The molecule has 1 aliphatic heterocycles. The topological polar surface area (TPSA) is 92.1 Å². The molecule has 1 amide bonds. The molecule has 3 aromatic rings. The van der Waals surface area contributed by atoms with Gasteiger partial charge in [0.15, 0.2) is 0 Å². The van der Waals surface area contributed by atoms with Crippen LogP contribution in [0.15, 0.2) is 53.3 Å². The third-order valence-electron chi connectivity index (χ3n) is 5.06. The largest absolute Gasteiger partial charge is 0.369 e. The lowest BCUT2D eigenvalue weighted by Crippen LogP contribution is -2.41. The molecule has 2 heterocycles. The normalized spacial score (nSPS) is 19.3. The zero-order valence-electron chi connectivity index (χ0n) is 14.5. The van der Waals surface area contributed by atoms with Crippen molar-refractivity contribution in [3.63, 3.8) is 0 Å². The Kier molecular flexibility index (Phi) is 3.95. The summed E-state index contributed by atoms with van der Waals surface area (Å²) in [6.07, 6.45) is 0.643. The van der Waals surface area contributed by atoms with Crippen LogP contribution in [0.3, 0.4) is 0 Å². The summed E-state index contributed by atoms with van der Waals surface area (Å²) in [5, 5.41) is 0.581. The number of benzene rings is 2. The number of carbonyl (C=O) groups is 1. The van der Waals surface area contributed by atoms with Gasteiger partial charge in [0, 0.05) is 11.7 Å². The van der Waals surface area contributed by atoms with Crippen LogP contribution in [0, 0.1) is 0 Å². The average Bonchev–Trinajstić information content (AvgIpc) is 2.63. The molecule has 6 heteroatoms. The van der Waals surface area contributed by atoms with Crippen LogP contribution < -0.4 is 16.2 Å². The maximum atomic E-state index is 12.3. The Labute approximate surface area is 150 Å². The molecule has 132 valence electrons. The van der Waals surface area contributed by atoms with Crippen LogP contribution in [0.2, 0.25) is 0 Å². The van der Waals surface area contributed by atoms with E-state index < -0.39 is 0 Å². The third kappa shape index (κ3) is 2.73. The number of para-hydroxylation sites is 2. The Morgan fingerprint density at radius 2 is 1.96 bits per heavy atom. The summed E-state index contributed by atoms with van der Waals surface area (Å²) in [5.41, 5.74) is 8.04. The van der Waals surface area contributed by atoms with Gasteiger partial charge in [-0.1, -0.05) is 30.3 Å². The number of rotatable bonds is 3. The van der Waals surface area contributed by atoms with E-state index >= 15 is 0 Å². The average molecular weight is 348 g/mol. The predicted molar refractivity (Wildman–Crippen MR) is 101 cm³/mol. The number of aromatic amines is 1. The first-order valence-corrected chi connectivity index (χ1v) is 8.67. The van der Waals surface area contributed by atoms with Crippen LogP contribution in [-0.4, -0.2) is 21.9 Å². The first-order chi connectivity index (χ1) is 12.5. The summed E-state index contributed by atoms with van der Waals surface area (Å²) < 4.78 is 0. The number of amides is 1. The van der Waals surface area contributed by atoms with Gasteiger partial charge in [0.2, 0.25) is 5.91 Å². The van der Waals surface area contributed by atoms with Gasteiger partial charge in [0.05, 0.1) is 23.4 Å². The molecule has 0 bridgehead atoms. The van der Waals surface area contributed by atoms with Crippen LogP contribution in [0.25, 0.3) is 10.9 Å². The SMILES string of the molecule is C[C@@H]1C[C@H](C(N)=O)c2ccccc2N1Cc1nc2ccccc2c(=O)[nH]1. The maximum Gasteiger partial charge on any atom is 0.258 e. The molecule has 0 saturated heterocycles. The second-order valence-electron chi connectivity index (χ2n) is 6.76. The van der Waals surface area contributed by atoms with Crippen LogP contribution >= 0.6 is 0 Å². The number of nitrogens with zero attached hydrogens (tertiary/aromatic N) is 2. The number of carbonyl (C=O) groups excluding carboxylic acids is 1. The Balaban J connectivity index is 1.75. The standard InChI is InChI=1S/C20H20N4O2/c1-12-10-15(19(21)25)13-6-3-5-9-17(13)24(12)11-18-22-16-8-4-2-7-14(16)20(26)23-18/h2-9,12,15H,10-11H2,1H3,(H2,21,25)(H,22,23,26)/t12-,15+/m1/s1. The molecule has 3 N–H and O–H groups in total. The molecule has 0 fully saturated rings. The van der Waals surface area contributed by atoms with E-state index in [-0.39, 0.29) is 23.4 Å². The van der Waals surface area contributed by atoms with E-state index in [1.54, 1.807) is 6.07 Å². The van der Waals surface area contributed by atoms with Gasteiger partial charge in [-0.2, -0.15) is 0 Å². The summed E-state index contributed by atoms with van der Waals surface area (Å²) in [6, 6.07) is 15.2. The van der Waals surface area contributed by atoms with E-state index in [0.717, 1.165) is 11.3 Å². The molecule has 0 aliphatic carbocycles. The second-order valence-corrected chi connectivity index (χ2v) is 6.76. The van der Waals surface area contributed by atoms with Crippen molar-refractivity contribution in [2.45, 2.75) is 31.8 Å². The molecule has 0 saturated carbocycles. The van der Waals surface area contributed by atoms with Crippen molar-refractivity contribution in [3.05, 3.63) is 70.3 Å². The monoisotopic (exact) mass is 348 g/mol. The van der Waals surface area contributed by atoms with Crippen molar-refractivity contribution < 1.29 is 4.79 Å². The molecule has 2 atom stereocenters. The van der Waals surface area contributed by atoms with Gasteiger partial charge in [-0.25, -0.2) is 4.98 Å². The van der Waals surface area contributed by atoms with Gasteiger partial charge >= 0.3 is 0 Å². The molecular formula is C20H20N4O2. The van der Waals surface area contributed by atoms with Crippen LogP contribution in [0.1, 0.15) is 30.7 Å². The van der Waals surface area contributed by atoms with Crippen LogP contribution in [-0.2, 0) is 11.3 Å². The lowest BCUT2D eigenvalue weighted by Gasteiger charge is -2.39. The Morgan fingerprint density at radius 3 is 2.77 bits per heavy atom. The maximum absolute atomic E-state index is 12.3. The summed E-state index contributed by atoms with van der Waals surface area (Å²) in [5.74, 6) is 0.00938. The summed E-state index contributed by atoms with van der Waals surface area (Å²) in [4.78, 5) is 33.9. The van der Waals surface area contributed by atoms with Crippen molar-refractivity contribution >= 4 is 22.5 Å². The Hall–Kier alpha value is -3.15. The van der Waals surface area contributed by atoms with E-state index in [1.807, 2.05) is 42.5 Å². The zero-order chi connectivity index (χ0) is 18.3. The number of nitrogens with two attached hydrogens (primary N) is 1. The highest BCUT2D eigenvalue weighted by Crippen LogP contribution is 2.38. The molecular weight excluding hydrogens is 328 g/mol. The Morgan fingerprint density at radius 1 is 1.23 bits per heavy atom. The lowest BCUT2D eigenvalue weighted by atomic mass is 9.85. The molecule has 0 radical (unpaired) electrons. The van der Waals surface area contributed by atoms with Crippen LogP contribution in [0.5, 0.6) is 0 Å². The summed E-state index contributed by atoms with van der Waals surface area (Å²) >= 11 is 0. The van der Waals surface area contributed by atoms with Gasteiger partial charge < -0.3 is 15.6 Å². The van der Waals surface area contributed by atoms with Gasteiger partial charge in [-0.15, -0.1) is 0 Å². The van der Waals surface area contributed by atoms with E-state index in [0.29, 0.717) is 29.7 Å². The number of H-pyrrole nitrogens is 1. The van der Waals surface area contributed by atoms with Gasteiger partial charge in [0.25, 0.3) is 5.56 Å². The van der Waals surface area contributed by atoms with Crippen molar-refractivity contribution in [1.29, 1.82) is 0 Å². The molecule has 1 aromatic heterocycles. The molecule has 1 aliphatic rings. The fourth-order valence-electron chi connectivity index (χ4n) is 3.76. The van der Waals surface area contributed by atoms with E-state index in [4.69, 9.17) is 5.73 Å². The fraction of sp³-hybridized carbons (Fsp3) is 0.250. The highest BCUT2D eigenvalue weighted by atomic mass is 16.1. The number of hydrogen-bond donors (Lipinski definition) is 2. The quantitative estimate of drug-likeness (QED) is 0.759. The highest BCUT2D eigenvalue weighted by molar-refractivity contribution is 5.85. The van der Waals surface area contributed by atoms with Gasteiger partial charge in [-0.05, 0) is 37.1 Å². The number of fused-ring (bicyclic) bond motifs is 2. The molecule has 6 nitrogen and oxygen atoms in total. The molecule has 4 rings (SSSR count). The zero-order valence-corrected chi connectivity index (χ0v) is 14.5.